The van der Waals surface area contributed by atoms with Gasteiger partial charge in [-0.3, -0.25) is 14.4 Å². The summed E-state index contributed by atoms with van der Waals surface area (Å²) in [5.74, 6) is -1.59. The Balaban J connectivity index is 1.80. The molecule has 4 aliphatic rings. The number of unbranched alkanes of at least 4 members (excludes halogenated alkanes) is 1. The molecular formula is C27H37ClO6. The minimum absolute atomic E-state index is 0.0673. The molecule has 2 N–H and O–H groups in total. The molecule has 0 aliphatic heterocycles. The molecule has 0 unspecified atom stereocenters. The molecule has 0 saturated heterocycles. The van der Waals surface area contributed by atoms with E-state index in [-0.39, 0.29) is 36.4 Å². The average molecular weight is 493 g/mol. The summed E-state index contributed by atoms with van der Waals surface area (Å²) in [6.07, 6.45) is 7.82. The number of halogens is 1. The summed E-state index contributed by atoms with van der Waals surface area (Å²) in [5.41, 5.74) is -2.14. The molecule has 4 aliphatic carbocycles. The van der Waals surface area contributed by atoms with Crippen LogP contribution in [0.3, 0.4) is 0 Å². The number of aliphatic hydroxyl groups is 2. The van der Waals surface area contributed by atoms with Crippen molar-refractivity contribution in [2.75, 3.05) is 6.61 Å². The van der Waals surface area contributed by atoms with Gasteiger partial charge in [0.05, 0.1) is 11.0 Å². The number of carbonyl (C=O) groups excluding carboxylic acids is 3. The van der Waals surface area contributed by atoms with Gasteiger partial charge in [-0.1, -0.05) is 45.8 Å². The number of Topliss-reactive ketones (excluding diaryl/α,β-unsaturated/α-hetero) is 1. The van der Waals surface area contributed by atoms with Gasteiger partial charge in [0.25, 0.3) is 0 Å². The van der Waals surface area contributed by atoms with Crippen molar-refractivity contribution in [3.05, 3.63) is 23.8 Å². The fourth-order valence-corrected chi connectivity index (χ4v) is 8.59. The molecule has 0 aromatic rings. The maximum Gasteiger partial charge on any atom is 0.306 e. The monoisotopic (exact) mass is 492 g/mol. The molecule has 188 valence electrons. The van der Waals surface area contributed by atoms with Gasteiger partial charge in [-0.05, 0) is 56.1 Å². The summed E-state index contributed by atoms with van der Waals surface area (Å²) in [7, 11) is 0. The van der Waals surface area contributed by atoms with E-state index in [2.05, 4.69) is 0 Å². The van der Waals surface area contributed by atoms with Gasteiger partial charge in [0.1, 0.15) is 6.61 Å². The molecular weight excluding hydrogens is 456 g/mol. The molecule has 6 nitrogen and oxygen atoms in total. The van der Waals surface area contributed by atoms with E-state index in [1.807, 2.05) is 33.8 Å². The summed E-state index contributed by atoms with van der Waals surface area (Å²) in [6.45, 7) is 7.07. The van der Waals surface area contributed by atoms with Crippen LogP contribution >= 0.6 is 11.6 Å². The maximum atomic E-state index is 13.4. The average Bonchev–Trinajstić information content (AvgIpc) is 3.00. The first-order valence-corrected chi connectivity index (χ1v) is 13.0. The van der Waals surface area contributed by atoms with Crippen LogP contribution in [0, 0.1) is 28.6 Å². The van der Waals surface area contributed by atoms with Crippen molar-refractivity contribution in [3.63, 3.8) is 0 Å². The van der Waals surface area contributed by atoms with Gasteiger partial charge in [0, 0.05) is 23.2 Å². The normalized spacial score (nSPS) is 45.1. The maximum absolute atomic E-state index is 13.4. The molecule has 0 bridgehead atoms. The number of rotatable bonds is 6. The Labute approximate surface area is 206 Å². The van der Waals surface area contributed by atoms with Crippen LogP contribution in [0.15, 0.2) is 23.8 Å². The van der Waals surface area contributed by atoms with Gasteiger partial charge < -0.3 is 14.9 Å². The van der Waals surface area contributed by atoms with Gasteiger partial charge in [0.15, 0.2) is 11.4 Å². The van der Waals surface area contributed by atoms with Gasteiger partial charge in [-0.2, -0.15) is 0 Å². The lowest BCUT2D eigenvalue weighted by molar-refractivity contribution is -0.203. The first-order chi connectivity index (χ1) is 15.9. The van der Waals surface area contributed by atoms with Crippen molar-refractivity contribution in [1.82, 2.24) is 0 Å². The van der Waals surface area contributed by atoms with Crippen LogP contribution in [0.2, 0.25) is 0 Å². The fraction of sp³-hybridized carbons (Fsp3) is 0.741. The number of carbonyl (C=O) groups is 3. The van der Waals surface area contributed by atoms with E-state index in [0.29, 0.717) is 25.7 Å². The lowest BCUT2D eigenvalue weighted by Gasteiger charge is -2.64. The molecule has 3 saturated carbocycles. The molecule has 0 spiro atoms. The Morgan fingerprint density at radius 1 is 1.26 bits per heavy atom. The predicted octanol–water partition coefficient (Wildman–Crippen LogP) is 3.91. The predicted molar refractivity (Wildman–Crippen MR) is 128 cm³/mol. The second-order valence-corrected chi connectivity index (χ2v) is 11.9. The molecule has 4 rings (SSSR count). The summed E-state index contributed by atoms with van der Waals surface area (Å²) < 4.78 is 6.07. The van der Waals surface area contributed by atoms with Crippen LogP contribution in [0.1, 0.15) is 72.6 Å². The number of ether oxygens (including phenoxy) is 1. The van der Waals surface area contributed by atoms with Crippen LogP contribution in [0.25, 0.3) is 0 Å². The van der Waals surface area contributed by atoms with E-state index >= 15 is 0 Å². The van der Waals surface area contributed by atoms with E-state index in [4.69, 9.17) is 16.3 Å². The molecule has 7 heteroatoms. The topological polar surface area (TPSA) is 101 Å². The lowest BCUT2D eigenvalue weighted by Crippen LogP contribution is -2.69. The zero-order valence-electron chi connectivity index (χ0n) is 20.6. The highest BCUT2D eigenvalue weighted by molar-refractivity contribution is 6.26. The molecule has 3 fully saturated rings. The lowest BCUT2D eigenvalue weighted by atomic mass is 9.45. The zero-order valence-corrected chi connectivity index (χ0v) is 21.4. The molecule has 34 heavy (non-hydrogen) atoms. The highest BCUT2D eigenvalue weighted by atomic mass is 35.5. The van der Waals surface area contributed by atoms with Crippen LogP contribution in [0.5, 0.6) is 0 Å². The van der Waals surface area contributed by atoms with Gasteiger partial charge >= 0.3 is 5.97 Å². The first-order valence-electron chi connectivity index (χ1n) is 12.6. The standard InChI is InChI=1S/C27H37ClO6/c1-5-6-7-23(33)34-27(22(32)15-29)16(2)12-20-19-9-8-17-13-18(30)10-11-24(17,3)26(19,28)21(31)14-25(20,27)4/h10-11,13,16,19-21,29,31H,5-9,12,14-15H2,1-4H3/t16-,19+,20-,21-,24-,25-,26-,27-/m0/s1. The number of hydrogen-bond acceptors (Lipinski definition) is 6. The number of fused-ring (bicyclic) bond motifs is 5. The molecule has 0 heterocycles. The minimum atomic E-state index is -1.51. The molecule has 0 radical (unpaired) electrons. The van der Waals surface area contributed by atoms with Gasteiger partial charge in [-0.25, -0.2) is 0 Å². The Morgan fingerprint density at radius 3 is 2.62 bits per heavy atom. The molecule has 8 atom stereocenters. The SMILES string of the molecule is CCCCC(=O)O[C@]1(C(=O)CO)[C@@H](C)C[C@H]2[C@H]3CCC4=CC(=O)C=C[C@]4(C)[C@@]3(Cl)[C@@H](O)C[C@@]21C. The second-order valence-electron chi connectivity index (χ2n) is 11.3. The van der Waals surface area contributed by atoms with Gasteiger partial charge in [-0.15, -0.1) is 11.6 Å². The van der Waals surface area contributed by atoms with Crippen molar-refractivity contribution in [3.8, 4) is 0 Å². The van der Waals surface area contributed by atoms with Crippen LogP contribution in [-0.2, 0) is 19.1 Å². The summed E-state index contributed by atoms with van der Waals surface area (Å²) in [4.78, 5) is 37.3. The minimum Gasteiger partial charge on any atom is -0.450 e. The third-order valence-corrected chi connectivity index (χ3v) is 10.7. The Hall–Kier alpha value is -1.50. The number of allylic oxidation sites excluding steroid dienone is 4. The van der Waals surface area contributed by atoms with Crippen LogP contribution < -0.4 is 0 Å². The zero-order chi connectivity index (χ0) is 25.1. The Kier molecular flexibility index (Phi) is 6.44. The quantitative estimate of drug-likeness (QED) is 0.430. The molecule has 0 amide bonds. The fourth-order valence-electron chi connectivity index (χ4n) is 8.07. The third kappa shape index (κ3) is 3.17. The number of esters is 1. The van der Waals surface area contributed by atoms with E-state index in [1.165, 1.54) is 6.08 Å². The molecule has 0 aromatic carbocycles. The van der Waals surface area contributed by atoms with Crippen molar-refractivity contribution in [2.24, 2.45) is 28.6 Å². The van der Waals surface area contributed by atoms with E-state index in [0.717, 1.165) is 12.0 Å². The Morgan fingerprint density at radius 2 is 1.97 bits per heavy atom. The van der Waals surface area contributed by atoms with Crippen LogP contribution in [0.4, 0.5) is 0 Å². The van der Waals surface area contributed by atoms with Crippen molar-refractivity contribution in [1.29, 1.82) is 0 Å². The Bertz CT molecular complexity index is 957. The van der Waals surface area contributed by atoms with E-state index < -0.39 is 45.8 Å². The second kappa shape index (κ2) is 8.56. The van der Waals surface area contributed by atoms with E-state index in [9.17, 15) is 24.6 Å². The highest BCUT2D eigenvalue weighted by Gasteiger charge is 2.76. The number of ketones is 2. The third-order valence-electron chi connectivity index (χ3n) is 9.75. The largest absolute Gasteiger partial charge is 0.450 e. The van der Waals surface area contributed by atoms with E-state index in [1.54, 1.807) is 6.08 Å². The van der Waals surface area contributed by atoms with Crippen molar-refractivity contribution in [2.45, 2.75) is 89.2 Å². The number of hydrogen-bond donors (Lipinski definition) is 2. The summed E-state index contributed by atoms with van der Waals surface area (Å²) in [6, 6.07) is 0. The molecule has 0 aromatic heterocycles. The number of aliphatic hydroxyl groups excluding tert-OH is 2. The van der Waals surface area contributed by atoms with Gasteiger partial charge in [0.2, 0.25) is 5.78 Å². The number of alkyl halides is 1. The van der Waals surface area contributed by atoms with Crippen molar-refractivity contribution < 1.29 is 29.3 Å². The highest BCUT2D eigenvalue weighted by Crippen LogP contribution is 2.72. The summed E-state index contributed by atoms with van der Waals surface area (Å²) >= 11 is 7.45. The summed E-state index contributed by atoms with van der Waals surface area (Å²) in [5, 5.41) is 21.7. The first kappa shape index (κ1) is 25.6. The van der Waals surface area contributed by atoms with Crippen LogP contribution in [-0.4, -0.2) is 50.9 Å². The van der Waals surface area contributed by atoms with Crippen molar-refractivity contribution >= 4 is 29.1 Å². The smallest absolute Gasteiger partial charge is 0.306 e.